The van der Waals surface area contributed by atoms with Crippen molar-refractivity contribution >= 4 is 27.3 Å². The number of hydrogen-bond donors (Lipinski definition) is 2. The highest BCUT2D eigenvalue weighted by Gasteiger charge is 2.14. The van der Waals surface area contributed by atoms with Crippen LogP contribution in [-0.2, 0) is 10.2 Å². The maximum atomic E-state index is 13.6. The van der Waals surface area contributed by atoms with Gasteiger partial charge >= 0.3 is 10.2 Å². The molecule has 0 atom stereocenters. The van der Waals surface area contributed by atoms with E-state index in [2.05, 4.69) is 10.0 Å². The Morgan fingerprint density at radius 3 is 2.00 bits per heavy atom. The van der Waals surface area contributed by atoms with Crippen LogP contribution in [0.5, 0.6) is 0 Å². The first-order valence-corrected chi connectivity index (χ1v) is 7.85. The topological polar surface area (TPSA) is 61.4 Å². The van der Waals surface area contributed by atoms with Gasteiger partial charge in [0.15, 0.2) is 17.5 Å². The molecule has 0 aliphatic rings. The number of benzene rings is 2. The summed E-state index contributed by atoms with van der Waals surface area (Å²) in [6.45, 7) is 0. The first-order chi connectivity index (χ1) is 10.7. The van der Waals surface area contributed by atoms with E-state index in [-0.39, 0.29) is 5.69 Å². The summed E-state index contributed by atoms with van der Waals surface area (Å²) < 4.78 is 66.2. The molecule has 0 saturated heterocycles. The lowest BCUT2D eigenvalue weighted by molar-refractivity contribution is 0.449. The molecule has 2 aromatic rings. The third-order valence-corrected chi connectivity index (χ3v) is 4.38. The number of nitrogens with one attached hydrogen (secondary N) is 2. The summed E-state index contributed by atoms with van der Waals surface area (Å²) in [5, 5.41) is 2.58. The van der Waals surface area contributed by atoms with Gasteiger partial charge in [-0.25, -0.2) is 13.2 Å². The highest BCUT2D eigenvalue weighted by atomic mass is 32.2. The number of rotatable bonds is 5. The Labute approximate surface area is 131 Å². The molecule has 0 heterocycles. The van der Waals surface area contributed by atoms with E-state index in [1.807, 2.05) is 0 Å². The molecule has 0 unspecified atom stereocenters. The summed E-state index contributed by atoms with van der Waals surface area (Å²) in [6, 6.07) is 7.70. The highest BCUT2D eigenvalue weighted by molar-refractivity contribution is 7.90. The molecule has 0 spiro atoms. The zero-order valence-corrected chi connectivity index (χ0v) is 13.1. The van der Waals surface area contributed by atoms with Crippen molar-refractivity contribution in [2.75, 3.05) is 24.1 Å². The second-order valence-corrected chi connectivity index (χ2v) is 6.70. The van der Waals surface area contributed by atoms with Crippen LogP contribution in [0.1, 0.15) is 0 Å². The molecular weight excluding hydrogens is 331 g/mol. The Kier molecular flexibility index (Phi) is 4.81. The van der Waals surface area contributed by atoms with Crippen LogP contribution < -0.4 is 10.0 Å². The molecule has 0 fully saturated rings. The van der Waals surface area contributed by atoms with E-state index in [4.69, 9.17) is 0 Å². The van der Waals surface area contributed by atoms with Gasteiger partial charge < -0.3 is 5.32 Å². The van der Waals surface area contributed by atoms with E-state index in [0.29, 0.717) is 11.4 Å². The Balaban J connectivity index is 2.17. The van der Waals surface area contributed by atoms with Crippen LogP contribution in [0, 0.1) is 17.5 Å². The summed E-state index contributed by atoms with van der Waals surface area (Å²) in [4.78, 5) is 0. The van der Waals surface area contributed by atoms with Crippen LogP contribution >= 0.6 is 0 Å². The fourth-order valence-electron chi connectivity index (χ4n) is 1.64. The van der Waals surface area contributed by atoms with Gasteiger partial charge in [0.05, 0.1) is 5.69 Å². The maximum Gasteiger partial charge on any atom is 0.301 e. The van der Waals surface area contributed by atoms with E-state index >= 15 is 0 Å². The molecule has 5 nitrogen and oxygen atoms in total. The van der Waals surface area contributed by atoms with Gasteiger partial charge in [0.2, 0.25) is 0 Å². The fourth-order valence-corrected chi connectivity index (χ4v) is 2.26. The van der Waals surface area contributed by atoms with Gasteiger partial charge in [-0.1, -0.05) is 0 Å². The predicted molar refractivity (Wildman–Crippen MR) is 82.3 cm³/mol. The zero-order valence-electron chi connectivity index (χ0n) is 12.3. The van der Waals surface area contributed by atoms with Gasteiger partial charge in [-0.3, -0.25) is 4.72 Å². The second-order valence-electron chi connectivity index (χ2n) is 4.81. The largest absolute Gasteiger partial charge is 0.353 e. The van der Waals surface area contributed by atoms with Crippen molar-refractivity contribution in [1.29, 1.82) is 0 Å². The summed E-state index contributed by atoms with van der Waals surface area (Å²) in [5.41, 5.74) is 0.447. The molecule has 0 amide bonds. The van der Waals surface area contributed by atoms with Gasteiger partial charge in [0, 0.05) is 25.5 Å². The fraction of sp³-hybridized carbons (Fsp3) is 0.143. The van der Waals surface area contributed by atoms with E-state index < -0.39 is 27.7 Å². The Morgan fingerprint density at radius 1 is 0.870 bits per heavy atom. The molecule has 0 bridgehead atoms. The molecule has 2 N–H and O–H groups in total. The van der Waals surface area contributed by atoms with E-state index in [1.165, 1.54) is 38.4 Å². The van der Waals surface area contributed by atoms with Crippen molar-refractivity contribution in [2.45, 2.75) is 0 Å². The average Bonchev–Trinajstić information content (AvgIpc) is 2.49. The van der Waals surface area contributed by atoms with Crippen molar-refractivity contribution in [1.82, 2.24) is 4.31 Å². The molecule has 23 heavy (non-hydrogen) atoms. The van der Waals surface area contributed by atoms with Crippen molar-refractivity contribution in [2.24, 2.45) is 0 Å². The smallest absolute Gasteiger partial charge is 0.301 e. The molecule has 2 aromatic carbocycles. The molecule has 2 rings (SSSR count). The van der Waals surface area contributed by atoms with Crippen molar-refractivity contribution < 1.29 is 21.6 Å². The van der Waals surface area contributed by atoms with Crippen LogP contribution in [0.25, 0.3) is 0 Å². The SMILES string of the molecule is CN(C)S(=O)(=O)Nc1ccc(Nc2ccc(F)c(F)c2F)cc1. The van der Waals surface area contributed by atoms with E-state index in [1.54, 1.807) is 0 Å². The summed E-state index contributed by atoms with van der Waals surface area (Å²) >= 11 is 0. The van der Waals surface area contributed by atoms with Crippen molar-refractivity contribution in [3.05, 3.63) is 53.8 Å². The van der Waals surface area contributed by atoms with Gasteiger partial charge in [0.1, 0.15) is 0 Å². The van der Waals surface area contributed by atoms with Crippen LogP contribution in [0.2, 0.25) is 0 Å². The number of halogens is 3. The van der Waals surface area contributed by atoms with E-state index in [0.717, 1.165) is 16.4 Å². The molecular formula is C14H14F3N3O2S. The quantitative estimate of drug-likeness (QED) is 0.819. The number of hydrogen-bond acceptors (Lipinski definition) is 3. The van der Waals surface area contributed by atoms with Crippen LogP contribution in [0.15, 0.2) is 36.4 Å². The second kappa shape index (κ2) is 6.47. The van der Waals surface area contributed by atoms with Crippen LogP contribution in [0.3, 0.4) is 0 Å². The van der Waals surface area contributed by atoms with Gasteiger partial charge in [-0.05, 0) is 36.4 Å². The molecule has 0 aliphatic carbocycles. The predicted octanol–water partition coefficient (Wildman–Crippen LogP) is 3.07. The first-order valence-electron chi connectivity index (χ1n) is 6.41. The summed E-state index contributed by atoms with van der Waals surface area (Å²) in [7, 11) is -0.870. The zero-order chi connectivity index (χ0) is 17.2. The molecule has 0 aromatic heterocycles. The maximum absolute atomic E-state index is 13.6. The third kappa shape index (κ3) is 3.93. The lowest BCUT2D eigenvalue weighted by Crippen LogP contribution is -2.28. The van der Waals surface area contributed by atoms with E-state index in [9.17, 15) is 21.6 Å². The summed E-state index contributed by atoms with van der Waals surface area (Å²) in [5.74, 6) is -4.17. The Hall–Kier alpha value is -2.26. The normalized spacial score (nSPS) is 11.6. The minimum absolute atomic E-state index is 0.231. The molecule has 0 radical (unpaired) electrons. The number of nitrogens with zero attached hydrogens (tertiary/aromatic N) is 1. The number of anilines is 3. The highest BCUT2D eigenvalue weighted by Crippen LogP contribution is 2.24. The standard InChI is InChI=1S/C14H14F3N3O2S/c1-20(2)23(21,22)19-10-5-3-9(4-6-10)18-12-8-7-11(15)13(16)14(12)17/h3-8,18-19H,1-2H3. The lowest BCUT2D eigenvalue weighted by Gasteiger charge is -2.14. The van der Waals surface area contributed by atoms with Gasteiger partial charge in [-0.2, -0.15) is 12.7 Å². The van der Waals surface area contributed by atoms with Crippen molar-refractivity contribution in [3.63, 3.8) is 0 Å². The Morgan fingerprint density at radius 2 is 1.43 bits per heavy atom. The van der Waals surface area contributed by atoms with Gasteiger partial charge in [0.25, 0.3) is 0 Å². The first kappa shape index (κ1) is 17.1. The monoisotopic (exact) mass is 345 g/mol. The molecule has 0 aliphatic heterocycles. The minimum atomic E-state index is -3.63. The van der Waals surface area contributed by atoms with Gasteiger partial charge in [-0.15, -0.1) is 0 Å². The lowest BCUT2D eigenvalue weighted by atomic mass is 10.2. The Bertz CT molecular complexity index is 809. The van der Waals surface area contributed by atoms with Crippen LogP contribution in [-0.4, -0.2) is 26.8 Å². The third-order valence-electron chi connectivity index (χ3n) is 2.93. The van der Waals surface area contributed by atoms with Crippen molar-refractivity contribution in [3.8, 4) is 0 Å². The summed E-state index contributed by atoms with van der Waals surface area (Å²) in [6.07, 6.45) is 0. The average molecular weight is 345 g/mol. The minimum Gasteiger partial charge on any atom is -0.353 e. The van der Waals surface area contributed by atoms with Crippen LogP contribution in [0.4, 0.5) is 30.2 Å². The molecule has 0 saturated carbocycles. The molecule has 9 heteroatoms. The molecule has 124 valence electrons.